The summed E-state index contributed by atoms with van der Waals surface area (Å²) >= 11 is 1.37. The van der Waals surface area contributed by atoms with Crippen LogP contribution < -0.4 is 5.32 Å². The van der Waals surface area contributed by atoms with Crippen LogP contribution in [-0.4, -0.2) is 34.0 Å². The van der Waals surface area contributed by atoms with Crippen LogP contribution in [0.1, 0.15) is 29.9 Å². The van der Waals surface area contributed by atoms with Gasteiger partial charge < -0.3 is 10.1 Å². The largest absolute Gasteiger partial charge is 0.455 e. The molecule has 0 fully saturated rings. The highest BCUT2D eigenvalue weighted by Gasteiger charge is 2.16. The number of benzene rings is 2. The fourth-order valence-corrected chi connectivity index (χ4v) is 3.98. The maximum Gasteiger partial charge on any atom is 0.316 e. The molecule has 0 saturated heterocycles. The van der Waals surface area contributed by atoms with Crippen molar-refractivity contribution in [1.29, 1.82) is 0 Å². The highest BCUT2D eigenvalue weighted by molar-refractivity contribution is 8.00. The Morgan fingerprint density at radius 1 is 1.07 bits per heavy atom. The van der Waals surface area contributed by atoms with Crippen LogP contribution in [0.5, 0.6) is 0 Å². The highest BCUT2D eigenvalue weighted by atomic mass is 32.2. The number of rotatable bonds is 8. The SMILES string of the molecule is Cc1nn(-c2ccccc2)c(C)c1SCC(=O)OCC(=O)N[C@@H](C)c1ccccc1. The van der Waals surface area contributed by atoms with Crippen LogP contribution in [0, 0.1) is 13.8 Å². The van der Waals surface area contributed by atoms with Crippen LogP contribution in [0.3, 0.4) is 0 Å². The number of ether oxygens (including phenoxy) is 1. The molecule has 0 spiro atoms. The molecule has 1 aromatic heterocycles. The molecule has 1 amide bonds. The van der Waals surface area contributed by atoms with E-state index in [1.807, 2.05) is 86.1 Å². The minimum absolute atomic E-state index is 0.115. The van der Waals surface area contributed by atoms with E-state index in [0.717, 1.165) is 27.5 Å². The normalized spacial score (nSPS) is 11.7. The molecular weight excluding hydrogens is 398 g/mol. The van der Waals surface area contributed by atoms with E-state index < -0.39 is 5.97 Å². The minimum atomic E-state index is -0.436. The van der Waals surface area contributed by atoms with Gasteiger partial charge in [0.15, 0.2) is 6.61 Å². The van der Waals surface area contributed by atoms with E-state index >= 15 is 0 Å². The number of nitrogens with one attached hydrogen (secondary N) is 1. The first-order valence-corrected chi connectivity index (χ1v) is 10.7. The quantitative estimate of drug-likeness (QED) is 0.438. The van der Waals surface area contributed by atoms with Gasteiger partial charge in [0.2, 0.25) is 0 Å². The van der Waals surface area contributed by atoms with Crippen molar-refractivity contribution in [3.8, 4) is 5.69 Å². The second kappa shape index (κ2) is 10.1. The average molecular weight is 424 g/mol. The Kier molecular flexibility index (Phi) is 7.30. The molecule has 0 aliphatic rings. The summed E-state index contributed by atoms with van der Waals surface area (Å²) in [5.74, 6) is -0.647. The Bertz CT molecular complexity index is 1000. The molecule has 0 unspecified atom stereocenters. The van der Waals surface area contributed by atoms with Crippen LogP contribution in [0.15, 0.2) is 65.6 Å². The first kappa shape index (κ1) is 21.6. The van der Waals surface area contributed by atoms with Crippen molar-refractivity contribution in [1.82, 2.24) is 15.1 Å². The van der Waals surface area contributed by atoms with Crippen molar-refractivity contribution in [2.75, 3.05) is 12.4 Å². The number of esters is 1. The summed E-state index contributed by atoms with van der Waals surface area (Å²) in [4.78, 5) is 25.1. The lowest BCUT2D eigenvalue weighted by atomic mass is 10.1. The minimum Gasteiger partial charge on any atom is -0.455 e. The van der Waals surface area contributed by atoms with Gasteiger partial charge in [-0.25, -0.2) is 4.68 Å². The van der Waals surface area contributed by atoms with Gasteiger partial charge in [0.1, 0.15) is 0 Å². The summed E-state index contributed by atoms with van der Waals surface area (Å²) in [5.41, 5.74) is 3.78. The lowest BCUT2D eigenvalue weighted by Crippen LogP contribution is -2.31. The van der Waals surface area contributed by atoms with Crippen molar-refractivity contribution < 1.29 is 14.3 Å². The summed E-state index contributed by atoms with van der Waals surface area (Å²) in [5, 5.41) is 7.40. The van der Waals surface area contributed by atoms with E-state index in [1.54, 1.807) is 0 Å². The first-order valence-electron chi connectivity index (χ1n) is 9.70. The van der Waals surface area contributed by atoms with Gasteiger partial charge in [-0.1, -0.05) is 48.5 Å². The molecule has 0 aliphatic heterocycles. The van der Waals surface area contributed by atoms with Crippen LogP contribution in [0.4, 0.5) is 0 Å². The zero-order valence-electron chi connectivity index (χ0n) is 17.3. The molecule has 30 heavy (non-hydrogen) atoms. The summed E-state index contributed by atoms with van der Waals surface area (Å²) in [6, 6.07) is 19.3. The zero-order chi connectivity index (χ0) is 21.5. The van der Waals surface area contributed by atoms with Crippen molar-refractivity contribution in [3.63, 3.8) is 0 Å². The summed E-state index contributed by atoms with van der Waals surface area (Å²) in [6.45, 7) is 5.48. The van der Waals surface area contributed by atoms with E-state index in [0.29, 0.717) is 0 Å². The number of hydrogen-bond donors (Lipinski definition) is 1. The van der Waals surface area contributed by atoms with Crippen LogP contribution in [0.25, 0.3) is 5.69 Å². The second-order valence-electron chi connectivity index (χ2n) is 6.90. The predicted molar refractivity (Wildman–Crippen MR) is 118 cm³/mol. The number of nitrogens with zero attached hydrogens (tertiary/aromatic N) is 2. The number of aryl methyl sites for hydroxylation is 1. The molecule has 0 radical (unpaired) electrons. The maximum atomic E-state index is 12.1. The molecule has 3 rings (SSSR count). The number of thioether (sulfide) groups is 1. The molecular formula is C23H25N3O3S. The Morgan fingerprint density at radius 2 is 1.70 bits per heavy atom. The fraction of sp³-hybridized carbons (Fsp3) is 0.261. The molecule has 1 atom stereocenters. The standard InChI is InChI=1S/C23H25N3O3S/c1-16(19-10-6-4-7-11-19)24-21(27)14-29-22(28)15-30-23-17(2)25-26(18(23)3)20-12-8-5-9-13-20/h4-13,16H,14-15H2,1-3H3,(H,24,27)/t16-/m0/s1. The van der Waals surface area contributed by atoms with Crippen molar-refractivity contribution >= 4 is 23.6 Å². The maximum absolute atomic E-state index is 12.1. The first-order chi connectivity index (χ1) is 14.5. The highest BCUT2D eigenvalue weighted by Crippen LogP contribution is 2.27. The number of aromatic nitrogens is 2. The number of carbonyl (C=O) groups excluding carboxylic acids is 2. The molecule has 156 valence electrons. The molecule has 6 nitrogen and oxygen atoms in total. The van der Waals surface area contributed by atoms with E-state index in [-0.39, 0.29) is 24.3 Å². The molecule has 2 aromatic carbocycles. The van der Waals surface area contributed by atoms with Gasteiger partial charge in [0.25, 0.3) is 5.91 Å². The van der Waals surface area contributed by atoms with Gasteiger partial charge in [0, 0.05) is 0 Å². The van der Waals surface area contributed by atoms with E-state index in [9.17, 15) is 9.59 Å². The Balaban J connectivity index is 1.49. The van der Waals surface area contributed by atoms with Gasteiger partial charge in [-0.05, 0) is 38.5 Å². The lowest BCUT2D eigenvalue weighted by Gasteiger charge is -2.14. The van der Waals surface area contributed by atoms with Crippen molar-refractivity contribution in [3.05, 3.63) is 77.6 Å². The molecule has 3 aromatic rings. The third kappa shape index (κ3) is 5.51. The molecule has 1 N–H and O–H groups in total. The van der Waals surface area contributed by atoms with E-state index in [1.165, 1.54) is 11.8 Å². The van der Waals surface area contributed by atoms with Crippen LogP contribution in [-0.2, 0) is 14.3 Å². The number of amides is 1. The summed E-state index contributed by atoms with van der Waals surface area (Å²) in [7, 11) is 0. The summed E-state index contributed by atoms with van der Waals surface area (Å²) in [6.07, 6.45) is 0. The number of hydrogen-bond acceptors (Lipinski definition) is 5. The molecule has 0 bridgehead atoms. The van der Waals surface area contributed by atoms with E-state index in [2.05, 4.69) is 10.4 Å². The van der Waals surface area contributed by atoms with E-state index in [4.69, 9.17) is 4.74 Å². The topological polar surface area (TPSA) is 73.2 Å². The monoisotopic (exact) mass is 423 g/mol. The average Bonchev–Trinajstić information content (AvgIpc) is 3.05. The van der Waals surface area contributed by atoms with Crippen LogP contribution >= 0.6 is 11.8 Å². The third-order valence-corrected chi connectivity index (χ3v) is 5.86. The smallest absolute Gasteiger partial charge is 0.316 e. The van der Waals surface area contributed by atoms with Crippen LogP contribution in [0.2, 0.25) is 0 Å². The third-order valence-electron chi connectivity index (χ3n) is 4.60. The second-order valence-corrected chi connectivity index (χ2v) is 7.88. The van der Waals surface area contributed by atoms with Gasteiger partial charge in [0.05, 0.1) is 33.8 Å². The molecule has 1 heterocycles. The van der Waals surface area contributed by atoms with Gasteiger partial charge in [-0.3, -0.25) is 9.59 Å². The van der Waals surface area contributed by atoms with Gasteiger partial charge >= 0.3 is 5.97 Å². The van der Waals surface area contributed by atoms with Gasteiger partial charge in [-0.2, -0.15) is 5.10 Å². The lowest BCUT2D eigenvalue weighted by molar-refractivity contribution is -0.146. The van der Waals surface area contributed by atoms with Gasteiger partial charge in [-0.15, -0.1) is 11.8 Å². The Hall–Kier alpha value is -3.06. The number of carbonyl (C=O) groups is 2. The van der Waals surface area contributed by atoms with Crippen molar-refractivity contribution in [2.24, 2.45) is 0 Å². The number of para-hydroxylation sites is 1. The molecule has 0 saturated carbocycles. The zero-order valence-corrected chi connectivity index (χ0v) is 18.1. The fourth-order valence-electron chi connectivity index (χ4n) is 3.08. The Labute approximate surface area is 180 Å². The van der Waals surface area contributed by atoms with Crippen molar-refractivity contribution in [2.45, 2.75) is 31.7 Å². The molecule has 0 aliphatic carbocycles. The molecule has 7 heteroatoms. The predicted octanol–water partition coefficient (Wildman–Crippen LogP) is 4.00. The Morgan fingerprint density at radius 3 is 2.37 bits per heavy atom. The summed E-state index contributed by atoms with van der Waals surface area (Å²) < 4.78 is 7.00.